The molecule has 6 nitrogen and oxygen atoms in total. The molecule has 0 aliphatic carbocycles. The van der Waals surface area contributed by atoms with Gasteiger partial charge in [0.1, 0.15) is 0 Å². The van der Waals surface area contributed by atoms with Gasteiger partial charge in [0.2, 0.25) is 11.8 Å². The van der Waals surface area contributed by atoms with E-state index in [2.05, 4.69) is 10.6 Å². The standard InChI is InChI=1S/C14H27N3O3/c1-17(11-13(18)16-9-10-20-2)14(19)7-6-12-5-3-4-8-15-12/h12,15H,3-11H2,1-2H3,(H,16,18). The van der Waals surface area contributed by atoms with Crippen molar-refractivity contribution in [1.29, 1.82) is 0 Å². The first-order valence-electron chi connectivity index (χ1n) is 7.36. The van der Waals surface area contributed by atoms with Gasteiger partial charge in [-0.15, -0.1) is 0 Å². The molecule has 1 unspecified atom stereocenters. The van der Waals surface area contributed by atoms with Crippen LogP contribution >= 0.6 is 0 Å². The van der Waals surface area contributed by atoms with Crippen LogP contribution in [0.5, 0.6) is 0 Å². The second kappa shape index (κ2) is 9.72. The van der Waals surface area contributed by atoms with Crippen LogP contribution in [0.15, 0.2) is 0 Å². The number of carbonyl (C=O) groups excluding carboxylic acids is 2. The van der Waals surface area contributed by atoms with Crippen molar-refractivity contribution in [3.05, 3.63) is 0 Å². The van der Waals surface area contributed by atoms with Gasteiger partial charge >= 0.3 is 0 Å². The average molecular weight is 285 g/mol. The fraction of sp³-hybridized carbons (Fsp3) is 0.857. The number of nitrogens with zero attached hydrogens (tertiary/aromatic N) is 1. The summed E-state index contributed by atoms with van der Waals surface area (Å²) >= 11 is 0. The van der Waals surface area contributed by atoms with Crippen LogP contribution in [0.3, 0.4) is 0 Å². The molecule has 0 aromatic carbocycles. The molecule has 1 heterocycles. The average Bonchev–Trinajstić information content (AvgIpc) is 2.46. The third kappa shape index (κ3) is 6.86. The van der Waals surface area contributed by atoms with Crippen molar-refractivity contribution in [2.24, 2.45) is 0 Å². The molecule has 1 atom stereocenters. The van der Waals surface area contributed by atoms with E-state index in [1.165, 1.54) is 17.7 Å². The molecule has 0 spiro atoms. The van der Waals surface area contributed by atoms with E-state index in [1.807, 2.05) is 0 Å². The van der Waals surface area contributed by atoms with Crippen LogP contribution in [0.2, 0.25) is 0 Å². The number of rotatable bonds is 8. The molecule has 0 saturated carbocycles. The van der Waals surface area contributed by atoms with Crippen molar-refractivity contribution in [3.8, 4) is 0 Å². The molecule has 1 rings (SSSR count). The predicted octanol–water partition coefficient (Wildman–Crippen LogP) is 0.130. The molecule has 1 saturated heterocycles. The number of hydrogen-bond acceptors (Lipinski definition) is 4. The first kappa shape index (κ1) is 16.9. The Bertz CT molecular complexity index is 304. The van der Waals surface area contributed by atoms with Gasteiger partial charge in [-0.1, -0.05) is 6.42 Å². The number of piperidine rings is 1. The fourth-order valence-corrected chi connectivity index (χ4v) is 2.31. The molecule has 1 fully saturated rings. The lowest BCUT2D eigenvalue weighted by atomic mass is 10.0. The number of likely N-dealkylation sites (N-methyl/N-ethyl adjacent to an activating group) is 1. The zero-order chi connectivity index (χ0) is 14.8. The molecule has 1 aliphatic rings. The molecule has 0 radical (unpaired) electrons. The number of hydrogen-bond donors (Lipinski definition) is 2. The van der Waals surface area contributed by atoms with Crippen molar-refractivity contribution < 1.29 is 14.3 Å². The monoisotopic (exact) mass is 285 g/mol. The van der Waals surface area contributed by atoms with E-state index in [0.29, 0.717) is 25.6 Å². The highest BCUT2D eigenvalue weighted by Gasteiger charge is 2.17. The Hall–Kier alpha value is -1.14. The lowest BCUT2D eigenvalue weighted by Crippen LogP contribution is -2.40. The maximum absolute atomic E-state index is 11.9. The van der Waals surface area contributed by atoms with E-state index in [0.717, 1.165) is 19.4 Å². The van der Waals surface area contributed by atoms with Gasteiger partial charge in [0.15, 0.2) is 0 Å². The number of methoxy groups -OCH3 is 1. The minimum atomic E-state index is -0.145. The molecule has 6 heteroatoms. The highest BCUT2D eigenvalue weighted by Crippen LogP contribution is 2.12. The Balaban J connectivity index is 2.15. The smallest absolute Gasteiger partial charge is 0.239 e. The van der Waals surface area contributed by atoms with Crippen molar-refractivity contribution in [1.82, 2.24) is 15.5 Å². The Morgan fingerprint density at radius 2 is 2.20 bits per heavy atom. The second-order valence-corrected chi connectivity index (χ2v) is 5.28. The minimum Gasteiger partial charge on any atom is -0.383 e. The number of ether oxygens (including phenoxy) is 1. The molecule has 20 heavy (non-hydrogen) atoms. The Labute approximate surface area is 121 Å². The van der Waals surface area contributed by atoms with Gasteiger partial charge in [0.25, 0.3) is 0 Å². The molecular formula is C14H27N3O3. The van der Waals surface area contributed by atoms with Crippen LogP contribution in [0.1, 0.15) is 32.1 Å². The summed E-state index contributed by atoms with van der Waals surface area (Å²) in [6.07, 6.45) is 4.97. The number of carbonyl (C=O) groups is 2. The van der Waals surface area contributed by atoms with Gasteiger partial charge in [-0.05, 0) is 25.8 Å². The number of nitrogens with one attached hydrogen (secondary N) is 2. The van der Waals surface area contributed by atoms with Crippen LogP contribution in [0, 0.1) is 0 Å². The molecule has 1 aliphatic heterocycles. The summed E-state index contributed by atoms with van der Waals surface area (Å²) in [5, 5.41) is 6.13. The fourth-order valence-electron chi connectivity index (χ4n) is 2.31. The Morgan fingerprint density at radius 1 is 1.40 bits per heavy atom. The number of amides is 2. The van der Waals surface area contributed by atoms with E-state index in [-0.39, 0.29) is 18.4 Å². The van der Waals surface area contributed by atoms with Gasteiger partial charge in [0, 0.05) is 33.2 Å². The second-order valence-electron chi connectivity index (χ2n) is 5.28. The molecule has 0 aromatic heterocycles. The normalized spacial score (nSPS) is 18.6. The van der Waals surface area contributed by atoms with E-state index in [1.54, 1.807) is 14.2 Å². The van der Waals surface area contributed by atoms with Crippen molar-refractivity contribution in [2.75, 3.05) is 40.4 Å². The Morgan fingerprint density at radius 3 is 2.85 bits per heavy atom. The summed E-state index contributed by atoms with van der Waals surface area (Å²) < 4.78 is 4.85. The van der Waals surface area contributed by atoms with Gasteiger partial charge in [-0.3, -0.25) is 9.59 Å². The quantitative estimate of drug-likeness (QED) is 0.622. The Kier molecular flexibility index (Phi) is 8.22. The van der Waals surface area contributed by atoms with Crippen LogP contribution < -0.4 is 10.6 Å². The van der Waals surface area contributed by atoms with E-state index in [4.69, 9.17) is 4.74 Å². The van der Waals surface area contributed by atoms with Gasteiger partial charge < -0.3 is 20.3 Å². The summed E-state index contributed by atoms with van der Waals surface area (Å²) in [4.78, 5) is 25.0. The predicted molar refractivity (Wildman–Crippen MR) is 77.4 cm³/mol. The lowest BCUT2D eigenvalue weighted by molar-refractivity contribution is -0.134. The maximum atomic E-state index is 11.9. The SMILES string of the molecule is COCCNC(=O)CN(C)C(=O)CCC1CCCCN1. The van der Waals surface area contributed by atoms with Crippen LogP contribution in [-0.4, -0.2) is 63.2 Å². The van der Waals surface area contributed by atoms with Crippen molar-refractivity contribution in [2.45, 2.75) is 38.1 Å². The van der Waals surface area contributed by atoms with Crippen LogP contribution in [0.25, 0.3) is 0 Å². The third-order valence-corrected chi connectivity index (χ3v) is 3.55. The molecular weight excluding hydrogens is 258 g/mol. The first-order valence-corrected chi connectivity index (χ1v) is 7.36. The molecule has 2 N–H and O–H groups in total. The zero-order valence-electron chi connectivity index (χ0n) is 12.6. The van der Waals surface area contributed by atoms with Gasteiger partial charge in [0.05, 0.1) is 13.2 Å². The van der Waals surface area contributed by atoms with Crippen LogP contribution in [0.4, 0.5) is 0 Å². The zero-order valence-corrected chi connectivity index (χ0v) is 12.6. The van der Waals surface area contributed by atoms with Crippen molar-refractivity contribution >= 4 is 11.8 Å². The topological polar surface area (TPSA) is 70.7 Å². The molecule has 0 aromatic rings. The minimum absolute atomic E-state index is 0.0271. The largest absolute Gasteiger partial charge is 0.383 e. The van der Waals surface area contributed by atoms with E-state index < -0.39 is 0 Å². The van der Waals surface area contributed by atoms with E-state index >= 15 is 0 Å². The lowest BCUT2D eigenvalue weighted by Gasteiger charge is -2.24. The summed E-state index contributed by atoms with van der Waals surface area (Å²) in [7, 11) is 3.26. The molecule has 0 bridgehead atoms. The van der Waals surface area contributed by atoms with Crippen molar-refractivity contribution in [3.63, 3.8) is 0 Å². The summed E-state index contributed by atoms with van der Waals surface area (Å²) in [5.74, 6) is -0.118. The summed E-state index contributed by atoms with van der Waals surface area (Å²) in [5.41, 5.74) is 0. The third-order valence-electron chi connectivity index (χ3n) is 3.55. The highest BCUT2D eigenvalue weighted by atomic mass is 16.5. The molecule has 116 valence electrons. The van der Waals surface area contributed by atoms with Gasteiger partial charge in [-0.25, -0.2) is 0 Å². The summed E-state index contributed by atoms with van der Waals surface area (Å²) in [6, 6.07) is 0.455. The van der Waals surface area contributed by atoms with E-state index in [9.17, 15) is 9.59 Å². The first-order chi connectivity index (χ1) is 9.63. The summed E-state index contributed by atoms with van der Waals surface area (Å²) in [6.45, 7) is 2.12. The maximum Gasteiger partial charge on any atom is 0.239 e. The highest BCUT2D eigenvalue weighted by molar-refractivity contribution is 5.84. The van der Waals surface area contributed by atoms with Gasteiger partial charge in [-0.2, -0.15) is 0 Å². The molecule has 2 amide bonds. The van der Waals surface area contributed by atoms with Crippen LogP contribution in [-0.2, 0) is 14.3 Å².